The molecule has 0 saturated heterocycles. The van der Waals surface area contributed by atoms with Crippen LogP contribution in [0.2, 0.25) is 0 Å². The Balaban J connectivity index is 2.11. The fraction of sp³-hybridized carbons (Fsp3) is 0.263. The molecule has 0 fully saturated rings. The fourth-order valence-electron chi connectivity index (χ4n) is 2.79. The fourth-order valence-corrected chi connectivity index (χ4v) is 3.05. The van der Waals surface area contributed by atoms with Crippen molar-refractivity contribution in [3.63, 3.8) is 0 Å². The summed E-state index contributed by atoms with van der Waals surface area (Å²) in [5.74, 6) is 0.0732. The molecule has 4 nitrogen and oxygen atoms in total. The summed E-state index contributed by atoms with van der Waals surface area (Å²) in [6.45, 7) is 4.35. The van der Waals surface area contributed by atoms with Crippen LogP contribution in [0.1, 0.15) is 24.2 Å². The quantitative estimate of drug-likeness (QED) is 0.627. The number of carbonyl (C=O) groups excluding carboxylic acids is 1. The molecular weight excluding hydrogens is 366 g/mol. The maximum Gasteiger partial charge on any atom is 0.206 e. The molecule has 0 amide bonds. The Morgan fingerprint density at radius 2 is 1.71 bits per heavy atom. The molecule has 5 heteroatoms. The lowest BCUT2D eigenvalue weighted by Gasteiger charge is -2.06. The number of aryl methyl sites for hydroxylation is 1. The molecular formula is C19H20BrN3O. The number of para-hydroxylation sites is 2. The molecule has 1 aromatic heterocycles. The van der Waals surface area contributed by atoms with Crippen LogP contribution in [0, 0.1) is 0 Å². The van der Waals surface area contributed by atoms with Gasteiger partial charge in [0.25, 0.3) is 0 Å². The molecule has 0 aliphatic heterocycles. The third kappa shape index (κ3) is 3.22. The Hall–Kier alpha value is -2.14. The number of Topliss-reactive ketones (excluding diaryl/α,β-unsaturated/α-hetero) is 1. The van der Waals surface area contributed by atoms with Crippen molar-refractivity contribution in [2.24, 2.45) is 12.0 Å². The van der Waals surface area contributed by atoms with Gasteiger partial charge >= 0.3 is 0 Å². The highest BCUT2D eigenvalue weighted by molar-refractivity contribution is 9.10. The van der Waals surface area contributed by atoms with Gasteiger partial charge in [-0.2, -0.15) is 0 Å². The van der Waals surface area contributed by atoms with Gasteiger partial charge in [-0.3, -0.25) is 4.79 Å². The summed E-state index contributed by atoms with van der Waals surface area (Å²) in [4.78, 5) is 17.5. The standard InChI is InChI=1S/C19H20BrN3O/c1-13(2)21-19-22(3)16-6-4-5-7-17(16)23(19)12-18(24)14-8-10-15(20)11-9-14/h4-11,13H,12H2,1-3H3. The zero-order valence-corrected chi connectivity index (χ0v) is 15.6. The number of hydrogen-bond acceptors (Lipinski definition) is 2. The highest BCUT2D eigenvalue weighted by Gasteiger charge is 2.14. The zero-order chi connectivity index (χ0) is 17.3. The van der Waals surface area contributed by atoms with E-state index in [9.17, 15) is 4.79 Å². The SMILES string of the molecule is CC(C)N=c1n(C)c2ccccc2n1CC(=O)c1ccc(Br)cc1. The maximum atomic E-state index is 12.7. The molecule has 1 heterocycles. The van der Waals surface area contributed by atoms with Gasteiger partial charge in [0.15, 0.2) is 5.78 Å². The van der Waals surface area contributed by atoms with Gasteiger partial charge < -0.3 is 9.13 Å². The van der Waals surface area contributed by atoms with E-state index in [4.69, 9.17) is 4.99 Å². The van der Waals surface area contributed by atoms with E-state index in [1.165, 1.54) is 0 Å². The number of carbonyl (C=O) groups is 1. The van der Waals surface area contributed by atoms with Crippen molar-refractivity contribution in [1.29, 1.82) is 0 Å². The summed E-state index contributed by atoms with van der Waals surface area (Å²) < 4.78 is 5.01. The van der Waals surface area contributed by atoms with E-state index in [1.807, 2.05) is 72.5 Å². The summed E-state index contributed by atoms with van der Waals surface area (Å²) in [5.41, 5.74) is 3.61. The first-order chi connectivity index (χ1) is 11.5. The van der Waals surface area contributed by atoms with Crippen molar-refractivity contribution < 1.29 is 4.79 Å². The largest absolute Gasteiger partial charge is 0.313 e. The average Bonchev–Trinajstić information content (AvgIpc) is 2.81. The van der Waals surface area contributed by atoms with Gasteiger partial charge in [-0.1, -0.05) is 40.2 Å². The highest BCUT2D eigenvalue weighted by Crippen LogP contribution is 2.15. The normalized spacial score (nSPS) is 12.3. The van der Waals surface area contributed by atoms with Crippen molar-refractivity contribution in [1.82, 2.24) is 9.13 Å². The number of aromatic nitrogens is 2. The predicted octanol–water partition coefficient (Wildman–Crippen LogP) is 3.93. The molecule has 0 saturated carbocycles. The molecule has 0 N–H and O–H groups in total. The van der Waals surface area contributed by atoms with Crippen LogP contribution in [0.15, 0.2) is 58.0 Å². The number of ketones is 1. The molecule has 24 heavy (non-hydrogen) atoms. The lowest BCUT2D eigenvalue weighted by atomic mass is 10.1. The molecule has 0 atom stereocenters. The molecule has 0 spiro atoms. The van der Waals surface area contributed by atoms with Crippen LogP contribution >= 0.6 is 15.9 Å². The van der Waals surface area contributed by atoms with Crippen LogP contribution < -0.4 is 5.62 Å². The third-order valence-electron chi connectivity index (χ3n) is 3.92. The molecule has 0 aliphatic carbocycles. The molecule has 3 aromatic rings. The third-order valence-corrected chi connectivity index (χ3v) is 4.45. The molecule has 0 bridgehead atoms. The Morgan fingerprint density at radius 1 is 1.08 bits per heavy atom. The smallest absolute Gasteiger partial charge is 0.206 e. The van der Waals surface area contributed by atoms with E-state index in [1.54, 1.807) is 0 Å². The molecule has 3 rings (SSSR count). The number of halogens is 1. The van der Waals surface area contributed by atoms with E-state index in [-0.39, 0.29) is 18.4 Å². The van der Waals surface area contributed by atoms with E-state index < -0.39 is 0 Å². The Morgan fingerprint density at radius 3 is 2.33 bits per heavy atom. The van der Waals surface area contributed by atoms with Gasteiger partial charge in [0.1, 0.15) is 0 Å². The topological polar surface area (TPSA) is 39.3 Å². The van der Waals surface area contributed by atoms with Crippen molar-refractivity contribution >= 4 is 32.7 Å². The van der Waals surface area contributed by atoms with Gasteiger partial charge in [-0.15, -0.1) is 0 Å². The summed E-state index contributed by atoms with van der Waals surface area (Å²) in [6.07, 6.45) is 0. The minimum atomic E-state index is 0.0732. The van der Waals surface area contributed by atoms with Crippen molar-refractivity contribution in [3.05, 3.63) is 64.2 Å². The molecule has 0 unspecified atom stereocenters. The monoisotopic (exact) mass is 385 g/mol. The van der Waals surface area contributed by atoms with Crippen LogP contribution in [0.3, 0.4) is 0 Å². The number of nitrogens with zero attached hydrogens (tertiary/aromatic N) is 3. The first kappa shape index (κ1) is 16.7. The number of hydrogen-bond donors (Lipinski definition) is 0. The summed E-state index contributed by atoms with van der Waals surface area (Å²) in [6, 6.07) is 15.7. The summed E-state index contributed by atoms with van der Waals surface area (Å²) in [7, 11) is 1.99. The van der Waals surface area contributed by atoms with Crippen LogP contribution in [-0.4, -0.2) is 21.0 Å². The van der Waals surface area contributed by atoms with E-state index >= 15 is 0 Å². The number of imidazole rings is 1. The van der Waals surface area contributed by atoms with Crippen LogP contribution in [0.5, 0.6) is 0 Å². The predicted molar refractivity (Wildman–Crippen MR) is 100 cm³/mol. The summed E-state index contributed by atoms with van der Waals surface area (Å²) in [5, 5.41) is 0. The number of benzene rings is 2. The summed E-state index contributed by atoms with van der Waals surface area (Å²) >= 11 is 3.40. The van der Waals surface area contributed by atoms with Crippen LogP contribution in [0.4, 0.5) is 0 Å². The minimum absolute atomic E-state index is 0.0732. The second-order valence-electron chi connectivity index (χ2n) is 6.09. The number of fused-ring (bicyclic) bond motifs is 1. The van der Waals surface area contributed by atoms with Crippen molar-refractivity contribution in [3.8, 4) is 0 Å². The van der Waals surface area contributed by atoms with Crippen molar-refractivity contribution in [2.45, 2.75) is 26.4 Å². The molecule has 2 aromatic carbocycles. The molecule has 0 radical (unpaired) electrons. The van der Waals surface area contributed by atoms with Gasteiger partial charge in [0.05, 0.1) is 17.6 Å². The first-order valence-corrected chi connectivity index (χ1v) is 8.73. The second kappa shape index (κ2) is 6.77. The molecule has 0 aliphatic rings. The van der Waals surface area contributed by atoms with Gasteiger partial charge in [-0.05, 0) is 38.1 Å². The number of rotatable bonds is 4. The average molecular weight is 386 g/mol. The Labute approximate surface area is 149 Å². The molecule has 124 valence electrons. The Bertz CT molecular complexity index is 949. The van der Waals surface area contributed by atoms with Gasteiger partial charge in [0.2, 0.25) is 5.62 Å². The highest BCUT2D eigenvalue weighted by atomic mass is 79.9. The maximum absolute atomic E-state index is 12.7. The second-order valence-corrected chi connectivity index (χ2v) is 7.00. The van der Waals surface area contributed by atoms with E-state index in [0.29, 0.717) is 5.56 Å². The van der Waals surface area contributed by atoms with E-state index in [0.717, 1.165) is 21.1 Å². The van der Waals surface area contributed by atoms with Crippen LogP contribution in [0.25, 0.3) is 11.0 Å². The van der Waals surface area contributed by atoms with Gasteiger partial charge in [-0.25, -0.2) is 4.99 Å². The first-order valence-electron chi connectivity index (χ1n) is 7.94. The van der Waals surface area contributed by atoms with Crippen LogP contribution in [-0.2, 0) is 13.6 Å². The van der Waals surface area contributed by atoms with E-state index in [2.05, 4.69) is 22.0 Å². The van der Waals surface area contributed by atoms with Gasteiger partial charge in [0, 0.05) is 23.1 Å². The zero-order valence-electron chi connectivity index (χ0n) is 14.0. The minimum Gasteiger partial charge on any atom is -0.313 e. The lowest BCUT2D eigenvalue weighted by Crippen LogP contribution is -2.28. The van der Waals surface area contributed by atoms with Crippen molar-refractivity contribution in [2.75, 3.05) is 0 Å². The lowest BCUT2D eigenvalue weighted by molar-refractivity contribution is 0.0971. The Kier molecular flexibility index (Phi) is 4.71.